The number of benzene rings is 1. The van der Waals surface area contributed by atoms with E-state index in [4.69, 9.17) is 4.74 Å². The zero-order valence-corrected chi connectivity index (χ0v) is 10.4. The first kappa shape index (κ1) is 12.8. The quantitative estimate of drug-likeness (QED) is 0.852. The molecule has 2 amide bonds. The summed E-state index contributed by atoms with van der Waals surface area (Å²) in [5.74, 6) is 0. The third-order valence-electron chi connectivity index (χ3n) is 2.45. The van der Waals surface area contributed by atoms with Gasteiger partial charge >= 0.3 is 6.03 Å². The Hall–Kier alpha value is -1.60. The molecule has 1 N–H and O–H groups in total. The second-order valence-electron chi connectivity index (χ2n) is 3.71. The van der Waals surface area contributed by atoms with E-state index in [-0.39, 0.29) is 11.4 Å². The number of nitrogens with one attached hydrogen (secondary N) is 1. The second-order valence-corrected chi connectivity index (χ2v) is 5.39. The van der Waals surface area contributed by atoms with Gasteiger partial charge in [0, 0.05) is 6.54 Å². The summed E-state index contributed by atoms with van der Waals surface area (Å²) < 4.78 is 30.8. The van der Waals surface area contributed by atoms with Crippen molar-refractivity contribution < 1.29 is 17.9 Å². The van der Waals surface area contributed by atoms with Gasteiger partial charge in [0.2, 0.25) is 0 Å². The smallest absolute Gasteiger partial charge is 0.331 e. The average Bonchev–Trinajstić information content (AvgIpc) is 2.40. The minimum absolute atomic E-state index is 0.0654. The van der Waals surface area contributed by atoms with Crippen LogP contribution in [0, 0.1) is 6.61 Å². The van der Waals surface area contributed by atoms with E-state index in [9.17, 15) is 13.2 Å². The zero-order valence-electron chi connectivity index (χ0n) is 9.57. The van der Waals surface area contributed by atoms with Gasteiger partial charge in [0.25, 0.3) is 10.0 Å². The summed E-state index contributed by atoms with van der Waals surface area (Å²) in [5, 5.41) is 0. The van der Waals surface area contributed by atoms with Gasteiger partial charge in [-0.2, -0.15) is 0 Å². The molecule has 7 heteroatoms. The van der Waals surface area contributed by atoms with Crippen molar-refractivity contribution in [1.29, 1.82) is 0 Å². The molecule has 1 aliphatic rings. The van der Waals surface area contributed by atoms with E-state index in [0.717, 1.165) is 0 Å². The number of hydrogen-bond acceptors (Lipinski definition) is 4. The molecule has 1 fully saturated rings. The molecule has 1 heterocycles. The number of carbonyl (C=O) groups is 1. The molecule has 0 spiro atoms. The van der Waals surface area contributed by atoms with E-state index < -0.39 is 16.1 Å². The van der Waals surface area contributed by atoms with Crippen LogP contribution < -0.4 is 4.72 Å². The summed E-state index contributed by atoms with van der Waals surface area (Å²) in [6.07, 6.45) is 0. The number of carbonyl (C=O) groups excluding carboxylic acids is 1. The predicted octanol–water partition coefficient (Wildman–Crippen LogP) is 0.579. The number of rotatable bonds is 2. The fourth-order valence-electron chi connectivity index (χ4n) is 1.50. The van der Waals surface area contributed by atoms with Crippen LogP contribution in [0.2, 0.25) is 0 Å². The van der Waals surface area contributed by atoms with Crippen LogP contribution in [0.15, 0.2) is 35.2 Å². The zero-order chi connectivity index (χ0) is 13.0. The average molecular weight is 269 g/mol. The van der Waals surface area contributed by atoms with Crippen molar-refractivity contribution in [3.63, 3.8) is 0 Å². The van der Waals surface area contributed by atoms with Gasteiger partial charge in [-0.25, -0.2) is 17.9 Å². The Balaban J connectivity index is 2.06. The lowest BCUT2D eigenvalue weighted by atomic mass is 10.4. The molecule has 1 saturated heterocycles. The van der Waals surface area contributed by atoms with E-state index in [0.29, 0.717) is 13.2 Å². The van der Waals surface area contributed by atoms with Gasteiger partial charge in [0.05, 0.1) is 18.0 Å². The minimum atomic E-state index is -3.80. The lowest BCUT2D eigenvalue weighted by Crippen LogP contribution is -2.46. The number of urea groups is 1. The highest BCUT2D eigenvalue weighted by atomic mass is 32.2. The highest BCUT2D eigenvalue weighted by molar-refractivity contribution is 7.90. The van der Waals surface area contributed by atoms with Crippen LogP contribution in [-0.4, -0.2) is 39.0 Å². The van der Waals surface area contributed by atoms with Crippen LogP contribution >= 0.6 is 0 Å². The van der Waals surface area contributed by atoms with Gasteiger partial charge in [-0.3, -0.25) is 0 Å². The van der Waals surface area contributed by atoms with Gasteiger partial charge in [-0.05, 0) is 12.1 Å². The molecule has 18 heavy (non-hydrogen) atoms. The number of amides is 2. The van der Waals surface area contributed by atoms with Crippen LogP contribution in [0.3, 0.4) is 0 Å². The summed E-state index contributed by atoms with van der Waals surface area (Å²) in [4.78, 5) is 13.2. The van der Waals surface area contributed by atoms with Crippen molar-refractivity contribution in [3.05, 3.63) is 36.9 Å². The molecular formula is C11H13N2O4S. The third kappa shape index (κ3) is 2.99. The highest BCUT2D eigenvalue weighted by Gasteiger charge is 2.23. The van der Waals surface area contributed by atoms with E-state index in [1.54, 1.807) is 18.2 Å². The van der Waals surface area contributed by atoms with Crippen molar-refractivity contribution in [2.24, 2.45) is 0 Å². The number of sulfonamides is 1. The Kier molecular flexibility index (Phi) is 3.83. The number of ether oxygens (including phenoxy) is 1. The van der Waals surface area contributed by atoms with Crippen molar-refractivity contribution in [2.75, 3.05) is 19.7 Å². The van der Waals surface area contributed by atoms with Crippen LogP contribution in [0.4, 0.5) is 4.79 Å². The maximum Gasteiger partial charge on any atom is 0.331 e. The number of nitrogens with zero attached hydrogens (tertiary/aromatic N) is 1. The maximum atomic E-state index is 11.9. The summed E-state index contributed by atoms with van der Waals surface area (Å²) in [6, 6.07) is 7.13. The number of hydrogen-bond donors (Lipinski definition) is 1. The summed E-state index contributed by atoms with van der Waals surface area (Å²) in [6.45, 7) is 2.49. The molecule has 0 saturated carbocycles. The molecule has 2 rings (SSSR count). The van der Waals surface area contributed by atoms with E-state index in [2.05, 4.69) is 0 Å². The molecule has 6 nitrogen and oxygen atoms in total. The minimum Gasteiger partial charge on any atom is -0.372 e. The molecule has 1 radical (unpaired) electrons. The van der Waals surface area contributed by atoms with E-state index in [1.165, 1.54) is 23.6 Å². The second kappa shape index (κ2) is 5.36. The van der Waals surface area contributed by atoms with Crippen LogP contribution in [0.25, 0.3) is 0 Å². The first-order valence-electron chi connectivity index (χ1n) is 5.40. The van der Waals surface area contributed by atoms with Gasteiger partial charge < -0.3 is 9.64 Å². The SMILES string of the molecule is O=C(NS(=O)(=O)c1ccccc1)N1C[CH]OCC1. The fourth-order valence-corrected chi connectivity index (χ4v) is 2.49. The monoisotopic (exact) mass is 269 g/mol. The summed E-state index contributed by atoms with van der Waals surface area (Å²) in [7, 11) is -3.80. The highest BCUT2D eigenvalue weighted by Crippen LogP contribution is 2.08. The number of morpholine rings is 1. The van der Waals surface area contributed by atoms with Gasteiger partial charge in [-0.15, -0.1) is 0 Å². The van der Waals surface area contributed by atoms with Crippen LogP contribution in [-0.2, 0) is 14.8 Å². The van der Waals surface area contributed by atoms with E-state index >= 15 is 0 Å². The lowest BCUT2D eigenvalue weighted by Gasteiger charge is -2.26. The van der Waals surface area contributed by atoms with Gasteiger partial charge in [0.1, 0.15) is 6.61 Å². The van der Waals surface area contributed by atoms with Crippen molar-refractivity contribution in [2.45, 2.75) is 4.90 Å². The summed E-state index contributed by atoms with van der Waals surface area (Å²) in [5.41, 5.74) is 0. The van der Waals surface area contributed by atoms with Gasteiger partial charge in [-0.1, -0.05) is 18.2 Å². The maximum absolute atomic E-state index is 11.9. The molecule has 0 atom stereocenters. The van der Waals surface area contributed by atoms with E-state index in [1.807, 2.05) is 4.72 Å². The Morgan fingerprint density at radius 2 is 2.00 bits per heavy atom. The first-order chi connectivity index (χ1) is 8.59. The normalized spacial score (nSPS) is 16.3. The van der Waals surface area contributed by atoms with Crippen molar-refractivity contribution in [3.8, 4) is 0 Å². The molecule has 0 aliphatic carbocycles. The summed E-state index contributed by atoms with van der Waals surface area (Å²) >= 11 is 0. The Bertz CT molecular complexity index is 509. The lowest BCUT2D eigenvalue weighted by molar-refractivity contribution is 0.101. The molecule has 0 aromatic heterocycles. The molecule has 97 valence electrons. The molecule has 1 aliphatic heterocycles. The van der Waals surface area contributed by atoms with Crippen LogP contribution in [0.1, 0.15) is 0 Å². The van der Waals surface area contributed by atoms with Gasteiger partial charge in [0.15, 0.2) is 0 Å². The first-order valence-corrected chi connectivity index (χ1v) is 6.88. The molecule has 1 aromatic rings. The molecule has 0 bridgehead atoms. The third-order valence-corrected chi connectivity index (χ3v) is 3.79. The van der Waals surface area contributed by atoms with Crippen molar-refractivity contribution in [1.82, 2.24) is 9.62 Å². The Labute approximate surface area is 106 Å². The topological polar surface area (TPSA) is 75.7 Å². The predicted molar refractivity (Wildman–Crippen MR) is 64.0 cm³/mol. The molecule has 0 unspecified atom stereocenters. The molecule has 1 aromatic carbocycles. The fraction of sp³-hybridized carbons (Fsp3) is 0.273. The standard InChI is InChI=1S/C11H13N2O4S/c14-11(13-6-8-17-9-7-13)12-18(15,16)10-4-2-1-3-5-10/h1-5,8H,6-7,9H2,(H,12,14). The molecular weight excluding hydrogens is 256 g/mol. The Morgan fingerprint density at radius 3 is 2.61 bits per heavy atom. The Morgan fingerprint density at radius 1 is 1.28 bits per heavy atom. The largest absolute Gasteiger partial charge is 0.372 e. The van der Waals surface area contributed by atoms with Crippen LogP contribution in [0.5, 0.6) is 0 Å². The van der Waals surface area contributed by atoms with Crippen molar-refractivity contribution >= 4 is 16.1 Å².